The van der Waals surface area contributed by atoms with Gasteiger partial charge in [-0.25, -0.2) is 0 Å². The zero-order valence-corrected chi connectivity index (χ0v) is 5.91. The van der Waals surface area contributed by atoms with Gasteiger partial charge in [0.25, 0.3) is 0 Å². The second-order valence-corrected chi connectivity index (χ2v) is 2.24. The van der Waals surface area contributed by atoms with Crippen LogP contribution in [0.15, 0.2) is 24.3 Å². The van der Waals surface area contributed by atoms with Gasteiger partial charge in [0.15, 0.2) is 0 Å². The number of anilines is 1. The molecule has 0 N–H and O–H groups in total. The van der Waals surface area contributed by atoms with Crippen LogP contribution in [0.2, 0.25) is 0 Å². The summed E-state index contributed by atoms with van der Waals surface area (Å²) in [5.41, 5.74) is 2.01. The van der Waals surface area contributed by atoms with Crippen LogP contribution in [-0.2, 0) is 0 Å². The van der Waals surface area contributed by atoms with Crippen molar-refractivity contribution in [1.82, 2.24) is 0 Å². The van der Waals surface area contributed by atoms with Crippen LogP contribution in [0.1, 0.15) is 5.56 Å². The third-order valence-corrected chi connectivity index (χ3v) is 1.33. The number of nitrogens with zero attached hydrogens (tertiary/aromatic N) is 1. The summed E-state index contributed by atoms with van der Waals surface area (Å²) >= 11 is 0. The van der Waals surface area contributed by atoms with Crippen molar-refractivity contribution in [3.05, 3.63) is 43.9 Å². The average molecular weight is 131 g/mol. The fourth-order valence-corrected chi connectivity index (χ4v) is 0.717. The number of aryl methyl sites for hydroxylation is 1. The molecule has 10 heavy (non-hydrogen) atoms. The summed E-state index contributed by atoms with van der Waals surface area (Å²) in [5.74, 6) is 0. The maximum Gasteiger partial charge on any atom is 0.0743 e. The molecular formula is C9H9N. The Balaban J connectivity index is 2.89. The Morgan fingerprint density at radius 3 is 2.00 bits per heavy atom. The summed E-state index contributed by atoms with van der Waals surface area (Å²) in [6, 6.07) is 7.66. The molecule has 1 aromatic carbocycles. The molecule has 0 saturated carbocycles. The molecule has 50 valence electrons. The number of hydrogen-bond acceptors (Lipinski definition) is 1. The molecule has 0 fully saturated rings. The van der Waals surface area contributed by atoms with E-state index in [1.54, 1.807) is 0 Å². The van der Waals surface area contributed by atoms with E-state index in [2.05, 4.69) is 0 Å². The fraction of sp³-hybridized carbons (Fsp3) is 0.111. The highest BCUT2D eigenvalue weighted by Gasteiger charge is 1.91. The number of rotatable bonds is 1. The first-order valence-electron chi connectivity index (χ1n) is 3.06. The van der Waals surface area contributed by atoms with E-state index in [4.69, 9.17) is 14.1 Å². The monoisotopic (exact) mass is 131 g/mol. The molecule has 1 nitrogen and oxygen atoms in total. The maximum absolute atomic E-state index is 5.27. The van der Waals surface area contributed by atoms with Gasteiger partial charge in [-0.15, -0.1) is 0 Å². The van der Waals surface area contributed by atoms with Gasteiger partial charge in [0.1, 0.15) is 0 Å². The van der Waals surface area contributed by atoms with Gasteiger partial charge >= 0.3 is 0 Å². The molecule has 0 aliphatic rings. The minimum Gasteiger partial charge on any atom is -0.357 e. The average Bonchev–Trinajstić information content (AvgIpc) is 1.88. The maximum atomic E-state index is 5.27. The van der Waals surface area contributed by atoms with Crippen molar-refractivity contribution in [2.24, 2.45) is 0 Å². The summed E-state index contributed by atoms with van der Waals surface area (Å²) in [4.78, 5) is 1.10. The standard InChI is InChI=1S/C9H9N/c1-8-4-6-9(7-5-8)10(2)3/h2-7H,1H3. The summed E-state index contributed by atoms with van der Waals surface area (Å²) < 4.78 is 0. The van der Waals surface area contributed by atoms with Crippen molar-refractivity contribution in [2.45, 2.75) is 6.92 Å². The smallest absolute Gasteiger partial charge is 0.0743 e. The first kappa shape index (κ1) is 7.13. The summed E-state index contributed by atoms with van der Waals surface area (Å²) in [6.07, 6.45) is 0. The Bertz CT molecular complexity index is 198. The third kappa shape index (κ3) is 1.50. The van der Waals surface area contributed by atoms with E-state index in [1.165, 1.54) is 5.56 Å². The molecule has 0 heterocycles. The molecule has 0 atom stereocenters. The van der Waals surface area contributed by atoms with Gasteiger partial charge in [-0.3, -0.25) is 0 Å². The van der Waals surface area contributed by atoms with E-state index in [0.29, 0.717) is 0 Å². The topological polar surface area (TPSA) is 3.24 Å². The van der Waals surface area contributed by atoms with E-state index < -0.39 is 0 Å². The van der Waals surface area contributed by atoms with Crippen LogP contribution in [0, 0.1) is 21.0 Å². The first-order chi connectivity index (χ1) is 4.70. The fourth-order valence-electron chi connectivity index (χ4n) is 0.717. The van der Waals surface area contributed by atoms with Gasteiger partial charge in [0, 0.05) is 5.69 Å². The molecule has 0 amide bonds. The van der Waals surface area contributed by atoms with Crippen LogP contribution in [0.5, 0.6) is 0 Å². The van der Waals surface area contributed by atoms with Crippen LogP contribution in [0.4, 0.5) is 5.69 Å². The van der Waals surface area contributed by atoms with E-state index >= 15 is 0 Å². The summed E-state index contributed by atoms with van der Waals surface area (Å²) in [5, 5.41) is 0. The Kier molecular flexibility index (Phi) is 1.95. The molecule has 0 aromatic heterocycles. The second-order valence-electron chi connectivity index (χ2n) is 2.24. The van der Waals surface area contributed by atoms with Gasteiger partial charge in [-0.2, -0.15) is 0 Å². The van der Waals surface area contributed by atoms with Gasteiger partial charge in [0.2, 0.25) is 0 Å². The molecule has 1 heteroatoms. The lowest BCUT2D eigenvalue weighted by Gasteiger charge is -2.09. The van der Waals surface area contributed by atoms with Crippen LogP contribution >= 0.6 is 0 Å². The quantitative estimate of drug-likeness (QED) is 0.528. The Morgan fingerprint density at radius 1 is 1.10 bits per heavy atom. The van der Waals surface area contributed by atoms with Crippen molar-refractivity contribution < 1.29 is 0 Å². The normalized spacial score (nSPS) is 9.50. The molecule has 0 bridgehead atoms. The van der Waals surface area contributed by atoms with Crippen LogP contribution < -0.4 is 4.90 Å². The minimum atomic E-state index is 0.811. The van der Waals surface area contributed by atoms with E-state index in [9.17, 15) is 0 Å². The highest BCUT2D eigenvalue weighted by molar-refractivity contribution is 5.47. The van der Waals surface area contributed by atoms with E-state index in [-0.39, 0.29) is 0 Å². The summed E-state index contributed by atoms with van der Waals surface area (Å²) in [6.45, 7) is 2.02. The molecule has 1 aromatic rings. The minimum absolute atomic E-state index is 0.811. The predicted octanol–water partition coefficient (Wildman–Crippen LogP) is 2.14. The van der Waals surface area contributed by atoms with E-state index in [0.717, 1.165) is 10.6 Å². The largest absolute Gasteiger partial charge is 0.357 e. The molecular weight excluding hydrogens is 122 g/mol. The highest BCUT2D eigenvalue weighted by atomic mass is 15.1. The Hall–Kier alpha value is -0.980. The number of hydrogen-bond donors (Lipinski definition) is 0. The lowest BCUT2D eigenvalue weighted by molar-refractivity contribution is 1.28. The van der Waals surface area contributed by atoms with Crippen LogP contribution in [-0.4, -0.2) is 0 Å². The summed E-state index contributed by atoms with van der Waals surface area (Å²) in [7, 11) is 10.5. The van der Waals surface area contributed by atoms with Crippen molar-refractivity contribution in [1.29, 1.82) is 0 Å². The molecule has 0 aliphatic carbocycles. The Labute approximate surface area is 62.3 Å². The molecule has 4 radical (unpaired) electrons. The molecule has 1 rings (SSSR count). The Morgan fingerprint density at radius 2 is 1.60 bits per heavy atom. The van der Waals surface area contributed by atoms with Gasteiger partial charge < -0.3 is 4.90 Å². The highest BCUT2D eigenvalue weighted by Crippen LogP contribution is 2.12. The first-order valence-corrected chi connectivity index (χ1v) is 3.06. The van der Waals surface area contributed by atoms with Crippen molar-refractivity contribution >= 4 is 5.69 Å². The molecule has 0 spiro atoms. The predicted molar refractivity (Wildman–Crippen MR) is 42.3 cm³/mol. The van der Waals surface area contributed by atoms with Crippen molar-refractivity contribution in [3.63, 3.8) is 0 Å². The lowest BCUT2D eigenvalue weighted by atomic mass is 10.2. The van der Waals surface area contributed by atoms with Crippen molar-refractivity contribution in [3.8, 4) is 0 Å². The van der Waals surface area contributed by atoms with Gasteiger partial charge in [-0.1, -0.05) is 17.7 Å². The van der Waals surface area contributed by atoms with Gasteiger partial charge in [-0.05, 0) is 19.1 Å². The second kappa shape index (κ2) is 2.74. The van der Waals surface area contributed by atoms with E-state index in [1.807, 2.05) is 31.2 Å². The zero-order valence-electron chi connectivity index (χ0n) is 5.91. The molecule has 0 saturated heterocycles. The molecule has 0 unspecified atom stereocenters. The van der Waals surface area contributed by atoms with Crippen molar-refractivity contribution in [2.75, 3.05) is 4.90 Å². The number of benzene rings is 1. The van der Waals surface area contributed by atoms with Crippen LogP contribution in [0.25, 0.3) is 0 Å². The third-order valence-electron chi connectivity index (χ3n) is 1.33. The van der Waals surface area contributed by atoms with Gasteiger partial charge in [0.05, 0.1) is 14.1 Å². The zero-order chi connectivity index (χ0) is 7.56. The SMILES string of the molecule is [CH]N([CH])c1ccc(C)cc1. The molecule has 0 aliphatic heterocycles. The lowest BCUT2D eigenvalue weighted by Crippen LogP contribution is -2.00. The van der Waals surface area contributed by atoms with Crippen LogP contribution in [0.3, 0.4) is 0 Å².